The van der Waals surface area contributed by atoms with Crippen LogP contribution >= 0.6 is 0 Å². The van der Waals surface area contributed by atoms with Crippen LogP contribution in [0.3, 0.4) is 0 Å². The van der Waals surface area contributed by atoms with E-state index in [4.69, 9.17) is 5.73 Å². The zero-order valence-electron chi connectivity index (χ0n) is 10.9. The van der Waals surface area contributed by atoms with Crippen LogP contribution in [0.25, 0.3) is 0 Å². The molecule has 2 aromatic rings. The lowest BCUT2D eigenvalue weighted by Crippen LogP contribution is -2.22. The molecule has 1 aliphatic rings. The topological polar surface area (TPSA) is 43.1 Å². The molecule has 1 aliphatic carbocycles. The number of fused-ring (bicyclic) bond motifs is 1. The molecule has 3 rings (SSSR count). The second-order valence-corrected chi connectivity index (χ2v) is 6.63. The van der Waals surface area contributed by atoms with Crippen molar-refractivity contribution in [3.8, 4) is 0 Å². The fourth-order valence-corrected chi connectivity index (χ4v) is 3.96. The molecule has 0 spiro atoms. The van der Waals surface area contributed by atoms with Gasteiger partial charge in [0.25, 0.3) is 0 Å². The number of hydrogen-bond acceptors (Lipinski definition) is 2. The Bertz CT molecular complexity index is 651. The summed E-state index contributed by atoms with van der Waals surface area (Å²) < 4.78 is 12.4. The number of hydrogen-bond donors (Lipinski definition) is 1. The Kier molecular flexibility index (Phi) is 3.15. The first-order valence-electron chi connectivity index (χ1n) is 6.47. The third-order valence-corrected chi connectivity index (χ3v) is 5.30. The number of nitrogens with two attached hydrogens (primary N) is 1. The van der Waals surface area contributed by atoms with Crippen LogP contribution in [0.15, 0.2) is 47.4 Å². The van der Waals surface area contributed by atoms with Crippen LogP contribution in [-0.2, 0) is 17.2 Å². The Labute approximate surface area is 116 Å². The SMILES string of the molecule is Cc1cc(S(=O)CC2Cc3ccccc32)ccc1N. The summed E-state index contributed by atoms with van der Waals surface area (Å²) in [5.74, 6) is 1.15. The normalized spacial score (nSPS) is 18.5. The molecule has 2 aromatic carbocycles. The zero-order valence-corrected chi connectivity index (χ0v) is 11.7. The van der Waals surface area contributed by atoms with Crippen molar-refractivity contribution in [1.29, 1.82) is 0 Å². The van der Waals surface area contributed by atoms with Crippen molar-refractivity contribution in [2.45, 2.75) is 24.2 Å². The van der Waals surface area contributed by atoms with Crippen molar-refractivity contribution in [3.63, 3.8) is 0 Å². The minimum atomic E-state index is -0.944. The lowest BCUT2D eigenvalue weighted by Gasteiger charge is -2.29. The van der Waals surface area contributed by atoms with Crippen molar-refractivity contribution in [3.05, 3.63) is 59.2 Å². The van der Waals surface area contributed by atoms with Gasteiger partial charge in [0.05, 0.1) is 10.8 Å². The standard InChI is InChI=1S/C16H17NOS/c1-11-8-14(6-7-16(11)17)19(18)10-13-9-12-4-2-3-5-15(12)13/h2-8,13H,9-10,17H2,1H3. The maximum absolute atomic E-state index is 12.4. The summed E-state index contributed by atoms with van der Waals surface area (Å²) >= 11 is 0. The average Bonchev–Trinajstić information content (AvgIpc) is 2.39. The van der Waals surface area contributed by atoms with E-state index in [-0.39, 0.29) is 0 Å². The maximum Gasteiger partial charge on any atom is 0.0535 e. The Hall–Kier alpha value is -1.61. The molecular weight excluding hydrogens is 254 g/mol. The summed E-state index contributed by atoms with van der Waals surface area (Å²) in [6, 6.07) is 14.1. The minimum absolute atomic E-state index is 0.440. The van der Waals surface area contributed by atoms with Crippen molar-refractivity contribution in [2.75, 3.05) is 11.5 Å². The number of benzene rings is 2. The fraction of sp³-hybridized carbons (Fsp3) is 0.250. The fourth-order valence-electron chi connectivity index (χ4n) is 2.58. The molecule has 0 amide bonds. The van der Waals surface area contributed by atoms with Gasteiger partial charge in [-0.05, 0) is 48.2 Å². The van der Waals surface area contributed by atoms with Crippen LogP contribution in [0.2, 0.25) is 0 Å². The van der Waals surface area contributed by atoms with Gasteiger partial charge in [0, 0.05) is 22.3 Å². The van der Waals surface area contributed by atoms with Gasteiger partial charge in [-0.15, -0.1) is 0 Å². The van der Waals surface area contributed by atoms with Gasteiger partial charge in [-0.1, -0.05) is 24.3 Å². The monoisotopic (exact) mass is 271 g/mol. The van der Waals surface area contributed by atoms with Crippen molar-refractivity contribution < 1.29 is 4.21 Å². The van der Waals surface area contributed by atoms with Crippen LogP contribution in [-0.4, -0.2) is 9.96 Å². The molecule has 3 heteroatoms. The lowest BCUT2D eigenvalue weighted by atomic mass is 9.79. The van der Waals surface area contributed by atoms with Gasteiger partial charge >= 0.3 is 0 Å². The second kappa shape index (κ2) is 4.82. The summed E-state index contributed by atoms with van der Waals surface area (Å²) in [5, 5.41) is 0. The smallest absolute Gasteiger partial charge is 0.0535 e. The molecular formula is C16H17NOS. The van der Waals surface area contributed by atoms with Gasteiger partial charge in [0.2, 0.25) is 0 Å². The molecule has 0 radical (unpaired) electrons. The second-order valence-electron chi connectivity index (χ2n) is 5.13. The van der Waals surface area contributed by atoms with Gasteiger partial charge in [0.15, 0.2) is 0 Å². The predicted molar refractivity (Wildman–Crippen MR) is 79.8 cm³/mol. The molecule has 0 bridgehead atoms. The van der Waals surface area contributed by atoms with E-state index in [0.717, 1.165) is 22.6 Å². The summed E-state index contributed by atoms with van der Waals surface area (Å²) in [6.45, 7) is 1.95. The minimum Gasteiger partial charge on any atom is -0.399 e. The maximum atomic E-state index is 12.4. The van der Waals surface area contributed by atoms with Crippen molar-refractivity contribution in [2.24, 2.45) is 0 Å². The number of aryl methyl sites for hydroxylation is 1. The number of anilines is 1. The van der Waals surface area contributed by atoms with Gasteiger partial charge in [-0.3, -0.25) is 4.21 Å². The molecule has 0 aromatic heterocycles. The number of rotatable bonds is 3. The molecule has 2 N–H and O–H groups in total. The molecule has 0 aliphatic heterocycles. The first-order chi connectivity index (χ1) is 9.15. The van der Waals surface area contributed by atoms with Gasteiger partial charge < -0.3 is 5.73 Å². The van der Waals surface area contributed by atoms with E-state index >= 15 is 0 Å². The van der Waals surface area contributed by atoms with E-state index in [1.807, 2.05) is 25.1 Å². The predicted octanol–water partition coefficient (Wildman–Crippen LogP) is 3.02. The van der Waals surface area contributed by atoms with Crippen LogP contribution in [0, 0.1) is 6.92 Å². The Morgan fingerprint density at radius 2 is 2.05 bits per heavy atom. The van der Waals surface area contributed by atoms with Crippen molar-refractivity contribution in [1.82, 2.24) is 0 Å². The van der Waals surface area contributed by atoms with Gasteiger partial charge in [0.1, 0.15) is 0 Å². The van der Waals surface area contributed by atoms with E-state index in [1.165, 1.54) is 11.1 Å². The van der Waals surface area contributed by atoms with Gasteiger partial charge in [-0.25, -0.2) is 0 Å². The number of nitrogen functional groups attached to an aromatic ring is 1. The third-order valence-electron chi connectivity index (χ3n) is 3.82. The van der Waals surface area contributed by atoms with Crippen LogP contribution in [0.1, 0.15) is 22.6 Å². The quantitative estimate of drug-likeness (QED) is 0.872. The largest absolute Gasteiger partial charge is 0.399 e. The lowest BCUT2D eigenvalue weighted by molar-refractivity contribution is 0.644. The van der Waals surface area contributed by atoms with Crippen LogP contribution in [0.4, 0.5) is 5.69 Å². The molecule has 19 heavy (non-hydrogen) atoms. The highest BCUT2D eigenvalue weighted by Gasteiger charge is 2.27. The third kappa shape index (κ3) is 2.30. The molecule has 2 unspecified atom stereocenters. The Balaban J connectivity index is 1.75. The van der Waals surface area contributed by atoms with Crippen LogP contribution in [0.5, 0.6) is 0 Å². The van der Waals surface area contributed by atoms with Gasteiger partial charge in [-0.2, -0.15) is 0 Å². The zero-order chi connectivity index (χ0) is 13.4. The van der Waals surface area contributed by atoms with E-state index in [1.54, 1.807) is 0 Å². The highest BCUT2D eigenvalue weighted by molar-refractivity contribution is 7.85. The van der Waals surface area contributed by atoms with E-state index in [2.05, 4.69) is 24.3 Å². The molecule has 2 nitrogen and oxygen atoms in total. The Morgan fingerprint density at radius 1 is 1.26 bits per heavy atom. The molecule has 0 saturated carbocycles. The van der Waals surface area contributed by atoms with E-state index < -0.39 is 10.8 Å². The van der Waals surface area contributed by atoms with Crippen molar-refractivity contribution >= 4 is 16.5 Å². The molecule has 0 saturated heterocycles. The Morgan fingerprint density at radius 3 is 2.79 bits per heavy atom. The van der Waals surface area contributed by atoms with E-state index in [0.29, 0.717) is 11.7 Å². The first kappa shape index (κ1) is 12.4. The molecule has 98 valence electrons. The highest BCUT2D eigenvalue weighted by atomic mass is 32.2. The summed E-state index contributed by atoms with van der Waals surface area (Å²) in [7, 11) is -0.944. The molecule has 0 heterocycles. The van der Waals surface area contributed by atoms with E-state index in [9.17, 15) is 4.21 Å². The van der Waals surface area contributed by atoms with Crippen LogP contribution < -0.4 is 5.73 Å². The average molecular weight is 271 g/mol. The highest BCUT2D eigenvalue weighted by Crippen LogP contribution is 2.36. The summed E-state index contributed by atoms with van der Waals surface area (Å²) in [6.07, 6.45) is 1.05. The first-order valence-corrected chi connectivity index (χ1v) is 7.79. The molecule has 0 fully saturated rings. The summed E-state index contributed by atoms with van der Waals surface area (Å²) in [4.78, 5) is 0.885. The summed E-state index contributed by atoms with van der Waals surface area (Å²) in [5.41, 5.74) is 10.3. The molecule has 2 atom stereocenters.